The Morgan fingerprint density at radius 3 is 2.76 bits per heavy atom. The minimum absolute atomic E-state index is 0.165. The van der Waals surface area contributed by atoms with Gasteiger partial charge in [-0.15, -0.1) is 0 Å². The molecule has 10 heteroatoms. The molecule has 2 aliphatic heterocycles. The number of piperidine rings is 1. The lowest BCUT2D eigenvalue weighted by Gasteiger charge is -2.42. The SMILES string of the molecule is C[C@@H]1OCC2(CCN(c3nc4cnn(-c5ccc6c(c5)ncn6C)c4nc3CO)CC2)C1[Si]. The summed E-state index contributed by atoms with van der Waals surface area (Å²) in [4.78, 5) is 16.4. The standard InChI is InChI=1S/C23H26N7O2Si/c1-14-20(33)23(12-32-14)5-7-29(8-6-23)21-18(11-31)27-22-17(26-21)10-25-30(22)15-3-4-19-16(9-15)24-13-28(19)2/h3-4,9-10,13-14,20,31H,5-8,11-12H2,1-2H3/t14-,20?/m0/s1. The number of rotatable bonds is 3. The summed E-state index contributed by atoms with van der Waals surface area (Å²) in [6, 6.07) is 6.01. The highest BCUT2D eigenvalue weighted by Crippen LogP contribution is 2.49. The van der Waals surface area contributed by atoms with Crippen LogP contribution in [0.3, 0.4) is 0 Å². The van der Waals surface area contributed by atoms with E-state index in [1.165, 1.54) is 0 Å². The zero-order valence-corrected chi connectivity index (χ0v) is 19.8. The summed E-state index contributed by atoms with van der Waals surface area (Å²) in [5, 5.41) is 14.7. The van der Waals surface area contributed by atoms with E-state index >= 15 is 0 Å². The lowest BCUT2D eigenvalue weighted by Crippen LogP contribution is -2.43. The van der Waals surface area contributed by atoms with Crippen molar-refractivity contribution in [2.75, 3.05) is 24.6 Å². The molecule has 3 aromatic heterocycles. The second-order valence-electron chi connectivity index (χ2n) is 9.29. The van der Waals surface area contributed by atoms with Gasteiger partial charge in [-0.05, 0) is 48.9 Å². The van der Waals surface area contributed by atoms with Crippen LogP contribution < -0.4 is 4.90 Å². The third-order valence-corrected chi connectivity index (χ3v) is 8.46. The molecule has 2 aliphatic rings. The number of aryl methyl sites for hydroxylation is 1. The number of aliphatic hydroxyl groups is 1. The number of ether oxygens (including phenoxy) is 1. The van der Waals surface area contributed by atoms with Crippen molar-refractivity contribution >= 4 is 38.3 Å². The van der Waals surface area contributed by atoms with Gasteiger partial charge in [0.2, 0.25) is 0 Å². The summed E-state index contributed by atoms with van der Waals surface area (Å²) in [5.74, 6) is 0.747. The minimum Gasteiger partial charge on any atom is -0.390 e. The van der Waals surface area contributed by atoms with Crippen LogP contribution in [0.4, 0.5) is 5.82 Å². The van der Waals surface area contributed by atoms with Gasteiger partial charge < -0.3 is 19.3 Å². The highest BCUT2D eigenvalue weighted by Gasteiger charge is 2.47. The molecule has 2 fully saturated rings. The van der Waals surface area contributed by atoms with Crippen LogP contribution in [-0.4, -0.2) is 70.4 Å². The maximum atomic E-state index is 10.1. The number of anilines is 1. The third-order valence-electron chi connectivity index (χ3n) is 7.38. The lowest BCUT2D eigenvalue weighted by atomic mass is 9.76. The number of fused-ring (bicyclic) bond motifs is 2. The molecule has 0 saturated carbocycles. The number of hydrogen-bond acceptors (Lipinski definition) is 7. The summed E-state index contributed by atoms with van der Waals surface area (Å²) in [5.41, 5.74) is 5.24. The monoisotopic (exact) mass is 460 g/mol. The molecular formula is C23H26N7O2Si. The maximum absolute atomic E-state index is 10.1. The first-order chi connectivity index (χ1) is 16.0. The molecule has 4 aromatic rings. The van der Waals surface area contributed by atoms with Gasteiger partial charge >= 0.3 is 0 Å². The molecule has 6 rings (SSSR count). The molecule has 3 radical (unpaired) electrons. The normalized spacial score (nSPS) is 22.7. The molecule has 9 nitrogen and oxygen atoms in total. The Bertz CT molecular complexity index is 1340. The highest BCUT2D eigenvalue weighted by atomic mass is 28.1. The molecule has 169 valence electrons. The lowest BCUT2D eigenvalue weighted by molar-refractivity contribution is 0.0975. The first kappa shape index (κ1) is 20.8. The van der Waals surface area contributed by atoms with Crippen LogP contribution in [0.5, 0.6) is 0 Å². The summed E-state index contributed by atoms with van der Waals surface area (Å²) in [6.45, 7) is 4.46. The fourth-order valence-electron chi connectivity index (χ4n) is 5.28. The molecule has 2 atom stereocenters. The van der Waals surface area contributed by atoms with E-state index in [0.29, 0.717) is 22.4 Å². The van der Waals surface area contributed by atoms with E-state index in [-0.39, 0.29) is 18.1 Å². The van der Waals surface area contributed by atoms with Crippen LogP contribution in [-0.2, 0) is 18.4 Å². The van der Waals surface area contributed by atoms with E-state index in [1.807, 2.05) is 29.8 Å². The van der Waals surface area contributed by atoms with Gasteiger partial charge in [0.05, 0.1) is 48.6 Å². The van der Waals surface area contributed by atoms with Crippen LogP contribution in [0, 0.1) is 5.41 Å². The predicted octanol–water partition coefficient (Wildman–Crippen LogP) is 2.16. The van der Waals surface area contributed by atoms with Gasteiger partial charge in [0, 0.05) is 30.4 Å². The molecule has 0 aliphatic carbocycles. The van der Waals surface area contributed by atoms with Gasteiger partial charge in [-0.1, -0.05) is 0 Å². The molecule has 5 heterocycles. The number of imidazole rings is 1. The second-order valence-corrected chi connectivity index (χ2v) is 9.91. The summed E-state index contributed by atoms with van der Waals surface area (Å²) in [7, 11) is 5.90. The van der Waals surface area contributed by atoms with Gasteiger partial charge in [-0.3, -0.25) is 0 Å². The number of benzene rings is 1. The van der Waals surface area contributed by atoms with Gasteiger partial charge in [-0.25, -0.2) is 19.6 Å². The van der Waals surface area contributed by atoms with Crippen molar-refractivity contribution in [2.45, 2.75) is 38.0 Å². The fraction of sp³-hybridized carbons (Fsp3) is 0.478. The van der Waals surface area contributed by atoms with Crippen LogP contribution in [0.25, 0.3) is 27.9 Å². The van der Waals surface area contributed by atoms with E-state index in [1.54, 1.807) is 17.2 Å². The summed E-state index contributed by atoms with van der Waals surface area (Å²) < 4.78 is 9.67. The van der Waals surface area contributed by atoms with Gasteiger partial charge in [0.25, 0.3) is 0 Å². The molecule has 1 aromatic carbocycles. The van der Waals surface area contributed by atoms with Gasteiger partial charge in [0.1, 0.15) is 11.2 Å². The third kappa shape index (κ3) is 3.19. The second kappa shape index (κ2) is 7.61. The van der Waals surface area contributed by atoms with Crippen molar-refractivity contribution in [3.05, 3.63) is 36.4 Å². The molecule has 0 bridgehead atoms. The smallest absolute Gasteiger partial charge is 0.182 e. The van der Waals surface area contributed by atoms with Crippen LogP contribution in [0.15, 0.2) is 30.7 Å². The molecule has 1 N–H and O–H groups in total. The van der Waals surface area contributed by atoms with E-state index in [0.717, 1.165) is 55.1 Å². The van der Waals surface area contributed by atoms with Crippen molar-refractivity contribution < 1.29 is 9.84 Å². The van der Waals surface area contributed by atoms with Gasteiger partial charge in [-0.2, -0.15) is 5.10 Å². The van der Waals surface area contributed by atoms with Crippen LogP contribution in [0.2, 0.25) is 5.54 Å². The molecule has 33 heavy (non-hydrogen) atoms. The topological polar surface area (TPSA) is 94.1 Å². The molecular weight excluding hydrogens is 434 g/mol. The molecule has 2 saturated heterocycles. The van der Waals surface area contributed by atoms with E-state index in [4.69, 9.17) is 14.7 Å². The predicted molar refractivity (Wildman–Crippen MR) is 126 cm³/mol. The molecule has 1 unspecified atom stereocenters. The Balaban J connectivity index is 1.33. The average molecular weight is 461 g/mol. The Morgan fingerprint density at radius 2 is 2.03 bits per heavy atom. The largest absolute Gasteiger partial charge is 0.390 e. The Labute approximate surface area is 194 Å². The van der Waals surface area contributed by atoms with E-state index in [9.17, 15) is 5.11 Å². The Morgan fingerprint density at radius 1 is 1.21 bits per heavy atom. The zero-order valence-electron chi connectivity index (χ0n) is 18.8. The quantitative estimate of drug-likeness (QED) is 0.468. The zero-order chi connectivity index (χ0) is 22.7. The average Bonchev–Trinajstić information content (AvgIpc) is 3.51. The van der Waals surface area contributed by atoms with Crippen molar-refractivity contribution in [1.29, 1.82) is 0 Å². The van der Waals surface area contributed by atoms with Gasteiger partial charge in [0.15, 0.2) is 11.5 Å². The van der Waals surface area contributed by atoms with Crippen molar-refractivity contribution in [2.24, 2.45) is 12.5 Å². The van der Waals surface area contributed by atoms with Crippen LogP contribution >= 0.6 is 0 Å². The summed E-state index contributed by atoms with van der Waals surface area (Å²) in [6.07, 6.45) is 5.79. The fourth-order valence-corrected chi connectivity index (χ4v) is 5.75. The minimum atomic E-state index is -0.175. The number of aromatic nitrogens is 6. The number of aliphatic hydroxyl groups excluding tert-OH is 1. The number of hydrogen-bond donors (Lipinski definition) is 1. The first-order valence-corrected chi connectivity index (χ1v) is 11.9. The van der Waals surface area contributed by atoms with Crippen molar-refractivity contribution in [3.63, 3.8) is 0 Å². The van der Waals surface area contributed by atoms with Crippen molar-refractivity contribution in [3.8, 4) is 5.69 Å². The molecule has 0 amide bonds. The van der Waals surface area contributed by atoms with E-state index in [2.05, 4.69) is 32.1 Å². The van der Waals surface area contributed by atoms with E-state index < -0.39 is 0 Å². The Kier molecular flexibility index (Phi) is 4.79. The van der Waals surface area contributed by atoms with Crippen LogP contribution in [0.1, 0.15) is 25.5 Å². The number of nitrogens with zero attached hydrogens (tertiary/aromatic N) is 7. The first-order valence-electron chi connectivity index (χ1n) is 11.3. The molecule has 1 spiro atoms. The van der Waals surface area contributed by atoms with Crippen molar-refractivity contribution in [1.82, 2.24) is 29.3 Å². The maximum Gasteiger partial charge on any atom is 0.182 e. The summed E-state index contributed by atoms with van der Waals surface area (Å²) >= 11 is 0. The highest BCUT2D eigenvalue weighted by molar-refractivity contribution is 6.12. The Hall–Kier alpha value is -2.82.